The van der Waals surface area contributed by atoms with E-state index in [0.717, 1.165) is 18.4 Å². The van der Waals surface area contributed by atoms with Crippen LogP contribution in [0.15, 0.2) is 24.3 Å². The van der Waals surface area contributed by atoms with Gasteiger partial charge in [0.2, 0.25) is 0 Å². The van der Waals surface area contributed by atoms with Crippen LogP contribution in [0.25, 0.3) is 0 Å². The molecular formula is C13H20FN. The molecule has 1 nitrogen and oxygen atoms in total. The van der Waals surface area contributed by atoms with Gasteiger partial charge in [0.25, 0.3) is 0 Å². The highest BCUT2D eigenvalue weighted by Crippen LogP contribution is 2.19. The summed E-state index contributed by atoms with van der Waals surface area (Å²) in [6.07, 6.45) is 2.00. The molecule has 0 heterocycles. The van der Waals surface area contributed by atoms with Crippen molar-refractivity contribution < 1.29 is 4.39 Å². The van der Waals surface area contributed by atoms with E-state index in [1.807, 2.05) is 6.07 Å². The first-order valence-corrected chi connectivity index (χ1v) is 5.61. The predicted octanol–water partition coefficient (Wildman–Crippen LogP) is 2.99. The Balaban J connectivity index is 2.66. The Kier molecular flexibility index (Phi) is 4.76. The first-order valence-electron chi connectivity index (χ1n) is 5.61. The fourth-order valence-electron chi connectivity index (χ4n) is 1.82. The van der Waals surface area contributed by atoms with Crippen molar-refractivity contribution >= 4 is 0 Å². The van der Waals surface area contributed by atoms with E-state index in [1.54, 1.807) is 12.1 Å². The standard InChI is InChI=1S/C13H20FN/c1-3-10(2)12(9-15)7-11-5-4-6-13(14)8-11/h4-6,8,10,12H,3,7,9,15H2,1-2H3. The molecule has 2 atom stereocenters. The van der Waals surface area contributed by atoms with Crippen molar-refractivity contribution in [1.82, 2.24) is 0 Å². The number of hydrogen-bond acceptors (Lipinski definition) is 1. The third-order valence-electron chi connectivity index (χ3n) is 3.14. The van der Waals surface area contributed by atoms with E-state index < -0.39 is 0 Å². The summed E-state index contributed by atoms with van der Waals surface area (Å²) in [5, 5.41) is 0. The minimum Gasteiger partial charge on any atom is -0.330 e. The van der Waals surface area contributed by atoms with Gasteiger partial charge in [-0.1, -0.05) is 32.4 Å². The van der Waals surface area contributed by atoms with Crippen LogP contribution in [0.1, 0.15) is 25.8 Å². The third-order valence-corrected chi connectivity index (χ3v) is 3.14. The predicted molar refractivity (Wildman–Crippen MR) is 62.1 cm³/mol. The van der Waals surface area contributed by atoms with Gasteiger partial charge in [-0.05, 0) is 42.5 Å². The summed E-state index contributed by atoms with van der Waals surface area (Å²) in [6.45, 7) is 5.04. The molecule has 1 aromatic carbocycles. The highest BCUT2D eigenvalue weighted by atomic mass is 19.1. The van der Waals surface area contributed by atoms with Crippen LogP contribution in [-0.4, -0.2) is 6.54 Å². The van der Waals surface area contributed by atoms with E-state index >= 15 is 0 Å². The average molecular weight is 209 g/mol. The first kappa shape index (κ1) is 12.2. The molecule has 0 aromatic heterocycles. The van der Waals surface area contributed by atoms with E-state index in [4.69, 9.17) is 5.73 Å². The Morgan fingerprint density at radius 1 is 1.40 bits per heavy atom. The number of benzene rings is 1. The van der Waals surface area contributed by atoms with Gasteiger partial charge in [0.15, 0.2) is 0 Å². The molecule has 2 heteroatoms. The molecule has 0 fully saturated rings. The maximum absolute atomic E-state index is 13.0. The molecule has 0 bridgehead atoms. The zero-order valence-corrected chi connectivity index (χ0v) is 9.54. The van der Waals surface area contributed by atoms with Crippen LogP contribution in [0.4, 0.5) is 4.39 Å². The van der Waals surface area contributed by atoms with E-state index in [1.165, 1.54) is 6.07 Å². The quantitative estimate of drug-likeness (QED) is 0.792. The lowest BCUT2D eigenvalue weighted by atomic mass is 9.86. The normalized spacial score (nSPS) is 14.9. The third kappa shape index (κ3) is 3.63. The summed E-state index contributed by atoms with van der Waals surface area (Å²) < 4.78 is 13.0. The summed E-state index contributed by atoms with van der Waals surface area (Å²) in [5.74, 6) is 0.891. The number of halogens is 1. The number of rotatable bonds is 5. The Morgan fingerprint density at radius 3 is 2.67 bits per heavy atom. The molecule has 0 aliphatic rings. The van der Waals surface area contributed by atoms with Gasteiger partial charge in [-0.2, -0.15) is 0 Å². The van der Waals surface area contributed by atoms with Crippen molar-refractivity contribution in [3.05, 3.63) is 35.6 Å². The van der Waals surface area contributed by atoms with Gasteiger partial charge in [0.05, 0.1) is 0 Å². The summed E-state index contributed by atoms with van der Waals surface area (Å²) in [7, 11) is 0. The Hall–Kier alpha value is -0.890. The van der Waals surface area contributed by atoms with Gasteiger partial charge in [0.1, 0.15) is 5.82 Å². The lowest BCUT2D eigenvalue weighted by Crippen LogP contribution is -2.23. The average Bonchev–Trinajstić information content (AvgIpc) is 2.25. The summed E-state index contributed by atoms with van der Waals surface area (Å²) in [4.78, 5) is 0. The van der Waals surface area contributed by atoms with Gasteiger partial charge in [0, 0.05) is 0 Å². The van der Waals surface area contributed by atoms with Crippen molar-refractivity contribution in [2.75, 3.05) is 6.54 Å². The second-order valence-corrected chi connectivity index (χ2v) is 4.22. The molecule has 0 saturated carbocycles. The van der Waals surface area contributed by atoms with Crippen LogP contribution >= 0.6 is 0 Å². The zero-order chi connectivity index (χ0) is 11.3. The molecule has 0 aliphatic heterocycles. The van der Waals surface area contributed by atoms with Gasteiger partial charge < -0.3 is 5.73 Å². The van der Waals surface area contributed by atoms with Crippen LogP contribution in [0.3, 0.4) is 0 Å². The number of nitrogens with two attached hydrogens (primary N) is 1. The minimum absolute atomic E-state index is 0.160. The SMILES string of the molecule is CCC(C)C(CN)Cc1cccc(F)c1. The maximum Gasteiger partial charge on any atom is 0.123 e. The first-order chi connectivity index (χ1) is 7.17. The van der Waals surface area contributed by atoms with Crippen LogP contribution in [0, 0.1) is 17.7 Å². The lowest BCUT2D eigenvalue weighted by Gasteiger charge is -2.21. The van der Waals surface area contributed by atoms with Gasteiger partial charge in [-0.3, -0.25) is 0 Å². The van der Waals surface area contributed by atoms with Crippen molar-refractivity contribution in [1.29, 1.82) is 0 Å². The fraction of sp³-hybridized carbons (Fsp3) is 0.538. The van der Waals surface area contributed by atoms with Crippen molar-refractivity contribution in [3.63, 3.8) is 0 Å². The van der Waals surface area contributed by atoms with Gasteiger partial charge in [-0.15, -0.1) is 0 Å². The van der Waals surface area contributed by atoms with E-state index in [-0.39, 0.29) is 5.82 Å². The zero-order valence-electron chi connectivity index (χ0n) is 9.54. The second-order valence-electron chi connectivity index (χ2n) is 4.22. The molecule has 1 aromatic rings. The van der Waals surface area contributed by atoms with Gasteiger partial charge in [-0.25, -0.2) is 4.39 Å². The van der Waals surface area contributed by atoms with E-state index in [2.05, 4.69) is 13.8 Å². The second kappa shape index (κ2) is 5.86. The minimum atomic E-state index is -0.160. The van der Waals surface area contributed by atoms with Crippen molar-refractivity contribution in [2.24, 2.45) is 17.6 Å². The molecular weight excluding hydrogens is 189 g/mol. The Morgan fingerprint density at radius 2 is 2.13 bits per heavy atom. The largest absolute Gasteiger partial charge is 0.330 e. The molecule has 0 aliphatic carbocycles. The van der Waals surface area contributed by atoms with E-state index in [0.29, 0.717) is 18.4 Å². The lowest BCUT2D eigenvalue weighted by molar-refractivity contribution is 0.354. The summed E-state index contributed by atoms with van der Waals surface area (Å²) in [5.41, 5.74) is 6.79. The maximum atomic E-state index is 13.0. The topological polar surface area (TPSA) is 26.0 Å². The highest BCUT2D eigenvalue weighted by Gasteiger charge is 2.14. The van der Waals surface area contributed by atoms with Crippen molar-refractivity contribution in [2.45, 2.75) is 26.7 Å². The molecule has 2 unspecified atom stereocenters. The molecule has 84 valence electrons. The highest BCUT2D eigenvalue weighted by molar-refractivity contribution is 5.17. The molecule has 0 saturated heterocycles. The molecule has 0 amide bonds. The molecule has 0 spiro atoms. The summed E-state index contributed by atoms with van der Waals surface area (Å²) >= 11 is 0. The summed E-state index contributed by atoms with van der Waals surface area (Å²) in [6, 6.07) is 6.80. The Labute approximate surface area is 91.5 Å². The van der Waals surface area contributed by atoms with Crippen LogP contribution < -0.4 is 5.73 Å². The van der Waals surface area contributed by atoms with Crippen molar-refractivity contribution in [3.8, 4) is 0 Å². The Bertz CT molecular complexity index is 298. The van der Waals surface area contributed by atoms with E-state index in [9.17, 15) is 4.39 Å². The molecule has 0 radical (unpaired) electrons. The van der Waals surface area contributed by atoms with Crippen LogP contribution in [-0.2, 0) is 6.42 Å². The molecule has 15 heavy (non-hydrogen) atoms. The van der Waals surface area contributed by atoms with Crippen LogP contribution in [0.5, 0.6) is 0 Å². The monoisotopic (exact) mass is 209 g/mol. The van der Waals surface area contributed by atoms with Crippen LogP contribution in [0.2, 0.25) is 0 Å². The van der Waals surface area contributed by atoms with Gasteiger partial charge >= 0.3 is 0 Å². The molecule has 1 rings (SSSR count). The fourth-order valence-corrected chi connectivity index (χ4v) is 1.82. The molecule has 2 N–H and O–H groups in total. The smallest absolute Gasteiger partial charge is 0.123 e. The number of hydrogen-bond donors (Lipinski definition) is 1.